The number of rotatable bonds is 1. The van der Waals surface area contributed by atoms with Gasteiger partial charge in [-0.1, -0.05) is 12.1 Å². The van der Waals surface area contributed by atoms with Crippen molar-refractivity contribution < 1.29 is 9.18 Å². The standard InChI is InChI=1S/C19H18FN3O3/c1-22-17-16(18(25)23(2)19(22)26)14(10-5-3-6-11(20)9-10)15-12(21-17)7-4-8-13(15)24/h3,5-6,9,14,21H,4,7-8H2,1-2H3/t14-/m0/s1. The Kier molecular flexibility index (Phi) is 3.68. The highest BCUT2D eigenvalue weighted by Gasteiger charge is 2.38. The molecule has 0 fully saturated rings. The summed E-state index contributed by atoms with van der Waals surface area (Å²) in [7, 11) is 2.98. The minimum absolute atomic E-state index is 0.0467. The molecule has 6 nitrogen and oxygen atoms in total. The lowest BCUT2D eigenvalue weighted by atomic mass is 9.76. The van der Waals surface area contributed by atoms with Gasteiger partial charge in [-0.3, -0.25) is 18.7 Å². The third-order valence-electron chi connectivity index (χ3n) is 5.18. The van der Waals surface area contributed by atoms with Gasteiger partial charge in [-0.15, -0.1) is 0 Å². The maximum absolute atomic E-state index is 13.9. The molecule has 4 rings (SSSR count). The molecule has 7 heteroatoms. The van der Waals surface area contributed by atoms with Crippen molar-refractivity contribution in [2.75, 3.05) is 5.32 Å². The summed E-state index contributed by atoms with van der Waals surface area (Å²) in [5, 5.41) is 3.14. The van der Waals surface area contributed by atoms with Crippen LogP contribution < -0.4 is 16.6 Å². The van der Waals surface area contributed by atoms with Gasteiger partial charge in [-0.2, -0.15) is 0 Å². The molecule has 2 aliphatic rings. The van der Waals surface area contributed by atoms with Crippen LogP contribution in [0.1, 0.15) is 36.3 Å². The van der Waals surface area contributed by atoms with Gasteiger partial charge in [0.05, 0.1) is 5.56 Å². The molecule has 0 radical (unpaired) electrons. The molecular formula is C19H18FN3O3. The second-order valence-corrected chi connectivity index (χ2v) is 6.75. The first-order chi connectivity index (χ1) is 12.4. The summed E-state index contributed by atoms with van der Waals surface area (Å²) in [6.07, 6.45) is 1.75. The monoisotopic (exact) mass is 355 g/mol. The molecule has 0 saturated carbocycles. The number of nitrogens with zero attached hydrogens (tertiary/aromatic N) is 2. The molecule has 1 atom stereocenters. The fourth-order valence-corrected chi connectivity index (χ4v) is 3.92. The van der Waals surface area contributed by atoms with Gasteiger partial charge >= 0.3 is 5.69 Å². The van der Waals surface area contributed by atoms with Crippen LogP contribution in [0.25, 0.3) is 0 Å². The number of carbonyl (C=O) groups is 1. The van der Waals surface area contributed by atoms with Crippen LogP contribution in [0.2, 0.25) is 0 Å². The lowest BCUT2D eigenvalue weighted by Crippen LogP contribution is -2.44. The summed E-state index contributed by atoms with van der Waals surface area (Å²) in [6, 6.07) is 5.94. The van der Waals surface area contributed by atoms with Crippen LogP contribution in [0.3, 0.4) is 0 Å². The zero-order valence-corrected chi connectivity index (χ0v) is 14.5. The number of nitrogens with one attached hydrogen (secondary N) is 1. The van der Waals surface area contributed by atoms with Crippen molar-refractivity contribution >= 4 is 11.6 Å². The van der Waals surface area contributed by atoms with E-state index in [9.17, 15) is 18.8 Å². The van der Waals surface area contributed by atoms with Crippen molar-refractivity contribution in [1.29, 1.82) is 0 Å². The molecule has 0 amide bonds. The average Bonchev–Trinajstić information content (AvgIpc) is 2.63. The van der Waals surface area contributed by atoms with E-state index in [0.717, 1.165) is 4.57 Å². The van der Waals surface area contributed by atoms with Gasteiger partial charge in [0.2, 0.25) is 0 Å². The van der Waals surface area contributed by atoms with Crippen LogP contribution in [0, 0.1) is 5.82 Å². The fourth-order valence-electron chi connectivity index (χ4n) is 3.92. The third kappa shape index (κ3) is 2.27. The number of benzene rings is 1. The van der Waals surface area contributed by atoms with Crippen molar-refractivity contribution in [3.8, 4) is 0 Å². The first-order valence-corrected chi connectivity index (χ1v) is 8.48. The van der Waals surface area contributed by atoms with E-state index >= 15 is 0 Å². The van der Waals surface area contributed by atoms with Gasteiger partial charge in [0.25, 0.3) is 5.56 Å². The zero-order chi connectivity index (χ0) is 18.6. The topological polar surface area (TPSA) is 73.1 Å². The Labute approximate surface area is 148 Å². The highest BCUT2D eigenvalue weighted by molar-refractivity contribution is 6.00. The van der Waals surface area contributed by atoms with Crippen LogP contribution in [0.5, 0.6) is 0 Å². The van der Waals surface area contributed by atoms with E-state index in [1.54, 1.807) is 19.2 Å². The predicted molar refractivity (Wildman–Crippen MR) is 94.7 cm³/mol. The van der Waals surface area contributed by atoms with E-state index in [-0.39, 0.29) is 5.78 Å². The maximum atomic E-state index is 13.9. The van der Waals surface area contributed by atoms with Crippen LogP contribution in [-0.2, 0) is 18.9 Å². The number of ketones is 1. The van der Waals surface area contributed by atoms with Crippen molar-refractivity contribution in [2.45, 2.75) is 25.2 Å². The molecule has 1 N–H and O–H groups in total. The highest BCUT2D eigenvalue weighted by Crippen LogP contribution is 2.43. The van der Waals surface area contributed by atoms with E-state index in [2.05, 4.69) is 5.32 Å². The molecule has 1 aromatic heterocycles. The average molecular weight is 355 g/mol. The van der Waals surface area contributed by atoms with Gasteiger partial charge < -0.3 is 5.32 Å². The van der Waals surface area contributed by atoms with Crippen molar-refractivity contribution in [3.05, 3.63) is 73.3 Å². The first-order valence-electron chi connectivity index (χ1n) is 8.48. The number of aromatic nitrogens is 2. The van der Waals surface area contributed by atoms with E-state index in [1.165, 1.54) is 23.7 Å². The molecule has 1 aromatic carbocycles. The third-order valence-corrected chi connectivity index (χ3v) is 5.18. The molecule has 2 heterocycles. The van der Waals surface area contributed by atoms with E-state index < -0.39 is 23.0 Å². The summed E-state index contributed by atoms with van der Waals surface area (Å²) in [5.41, 5.74) is 1.12. The lowest BCUT2D eigenvalue weighted by molar-refractivity contribution is -0.116. The van der Waals surface area contributed by atoms with E-state index in [0.29, 0.717) is 47.5 Å². The van der Waals surface area contributed by atoms with Crippen LogP contribution in [-0.4, -0.2) is 14.9 Å². The van der Waals surface area contributed by atoms with Crippen molar-refractivity contribution in [2.24, 2.45) is 14.1 Å². The van der Waals surface area contributed by atoms with Crippen LogP contribution in [0.4, 0.5) is 10.2 Å². The van der Waals surface area contributed by atoms with Gasteiger partial charge in [-0.05, 0) is 30.5 Å². The van der Waals surface area contributed by atoms with Crippen molar-refractivity contribution in [3.63, 3.8) is 0 Å². The fraction of sp³-hybridized carbons (Fsp3) is 0.316. The summed E-state index contributed by atoms with van der Waals surface area (Å²) in [6.45, 7) is 0. The molecule has 1 aliphatic heterocycles. The first kappa shape index (κ1) is 16.5. The quantitative estimate of drug-likeness (QED) is 0.846. The minimum Gasteiger partial charge on any atom is -0.344 e. The SMILES string of the molecule is Cn1c2c(c(=O)n(C)c1=O)[C@@H](c1cccc(F)c1)C1=C(CCCC1=O)N2. The smallest absolute Gasteiger partial charge is 0.332 e. The van der Waals surface area contributed by atoms with E-state index in [1.807, 2.05) is 0 Å². The summed E-state index contributed by atoms with van der Waals surface area (Å²) in [4.78, 5) is 37.9. The number of halogens is 1. The van der Waals surface area contributed by atoms with Gasteiger partial charge in [0, 0.05) is 37.7 Å². The summed E-state index contributed by atoms with van der Waals surface area (Å²) < 4.78 is 16.3. The second kappa shape index (κ2) is 5.79. The molecule has 0 saturated heterocycles. The maximum Gasteiger partial charge on any atom is 0.332 e. The normalized spacial score (nSPS) is 19.0. The molecule has 0 spiro atoms. The molecule has 1 aliphatic carbocycles. The second-order valence-electron chi connectivity index (χ2n) is 6.75. The Morgan fingerprint density at radius 1 is 1.12 bits per heavy atom. The Bertz CT molecular complexity index is 1090. The molecule has 0 bridgehead atoms. The van der Waals surface area contributed by atoms with Gasteiger partial charge in [-0.25, -0.2) is 9.18 Å². The molecule has 134 valence electrons. The van der Waals surface area contributed by atoms with Crippen molar-refractivity contribution in [1.82, 2.24) is 9.13 Å². The summed E-state index contributed by atoms with van der Waals surface area (Å²) >= 11 is 0. The Hall–Kier alpha value is -2.96. The molecular weight excluding hydrogens is 337 g/mol. The molecule has 2 aromatic rings. The van der Waals surface area contributed by atoms with Crippen LogP contribution >= 0.6 is 0 Å². The van der Waals surface area contributed by atoms with E-state index in [4.69, 9.17) is 0 Å². The zero-order valence-electron chi connectivity index (χ0n) is 14.5. The molecule has 26 heavy (non-hydrogen) atoms. The van der Waals surface area contributed by atoms with Crippen LogP contribution in [0.15, 0.2) is 45.1 Å². The number of carbonyl (C=O) groups excluding carboxylic acids is 1. The summed E-state index contributed by atoms with van der Waals surface area (Å²) in [5.74, 6) is -0.791. The Morgan fingerprint density at radius 3 is 2.62 bits per heavy atom. The number of hydrogen-bond donors (Lipinski definition) is 1. The number of allylic oxidation sites excluding steroid dienone is 2. The predicted octanol–water partition coefficient (Wildman–Crippen LogP) is 1.79. The largest absolute Gasteiger partial charge is 0.344 e. The number of Topliss-reactive ketones (excluding diaryl/α,β-unsaturated/α-hetero) is 1. The van der Waals surface area contributed by atoms with Gasteiger partial charge in [0.15, 0.2) is 5.78 Å². The number of hydrogen-bond acceptors (Lipinski definition) is 4. The number of anilines is 1. The minimum atomic E-state index is -0.685. The lowest BCUT2D eigenvalue weighted by Gasteiger charge is -2.34. The Morgan fingerprint density at radius 2 is 1.88 bits per heavy atom. The number of fused-ring (bicyclic) bond motifs is 1. The highest BCUT2D eigenvalue weighted by atomic mass is 19.1. The van der Waals surface area contributed by atoms with Gasteiger partial charge in [0.1, 0.15) is 11.6 Å². The Balaban J connectivity index is 2.10. The molecule has 0 unspecified atom stereocenters.